The second-order valence-electron chi connectivity index (χ2n) is 8.14. The molecule has 0 saturated carbocycles. The van der Waals surface area contributed by atoms with Crippen molar-refractivity contribution in [1.82, 2.24) is 18.8 Å². The molecule has 8 nitrogen and oxygen atoms in total. The molecule has 2 fully saturated rings. The molecular weight excluding hydrogens is 404 g/mol. The molecule has 0 aliphatic carbocycles. The predicted octanol–water partition coefficient (Wildman–Crippen LogP) is 2.16. The van der Waals surface area contributed by atoms with Gasteiger partial charge in [0.05, 0.1) is 23.4 Å². The van der Waals surface area contributed by atoms with Gasteiger partial charge >= 0.3 is 0 Å². The van der Waals surface area contributed by atoms with Crippen molar-refractivity contribution in [2.45, 2.75) is 49.8 Å². The van der Waals surface area contributed by atoms with Crippen molar-refractivity contribution in [2.24, 2.45) is 0 Å². The van der Waals surface area contributed by atoms with Crippen molar-refractivity contribution in [3.8, 4) is 0 Å². The lowest BCUT2D eigenvalue weighted by molar-refractivity contribution is -0.0440. The summed E-state index contributed by atoms with van der Waals surface area (Å²) in [5, 5.41) is 0. The molecule has 2 unspecified atom stereocenters. The van der Waals surface area contributed by atoms with Crippen LogP contribution in [0.25, 0.3) is 0 Å². The molecule has 4 rings (SSSR count). The van der Waals surface area contributed by atoms with Crippen LogP contribution >= 0.6 is 0 Å². The molecule has 0 spiro atoms. The Labute approximate surface area is 177 Å². The van der Waals surface area contributed by atoms with Crippen LogP contribution in [0.2, 0.25) is 0 Å². The topological polar surface area (TPSA) is 84.7 Å². The molecule has 1 amide bonds. The Hall–Kier alpha value is -2.23. The molecule has 2 aliphatic heterocycles. The van der Waals surface area contributed by atoms with Gasteiger partial charge in [-0.1, -0.05) is 0 Å². The van der Waals surface area contributed by atoms with Gasteiger partial charge in [0.2, 0.25) is 10.0 Å². The Bertz CT molecular complexity index is 957. The van der Waals surface area contributed by atoms with Crippen molar-refractivity contribution in [3.63, 3.8) is 0 Å². The smallest absolute Gasteiger partial charge is 0.253 e. The lowest BCUT2D eigenvalue weighted by Gasteiger charge is -2.34. The monoisotopic (exact) mass is 432 g/mol. The third-order valence-corrected chi connectivity index (χ3v) is 7.67. The lowest BCUT2D eigenvalue weighted by Crippen LogP contribution is -2.48. The van der Waals surface area contributed by atoms with E-state index in [-0.39, 0.29) is 23.0 Å². The van der Waals surface area contributed by atoms with E-state index in [1.54, 1.807) is 18.3 Å². The predicted molar refractivity (Wildman–Crippen MR) is 112 cm³/mol. The van der Waals surface area contributed by atoms with E-state index in [2.05, 4.69) is 9.55 Å². The summed E-state index contributed by atoms with van der Waals surface area (Å²) >= 11 is 0. The minimum absolute atomic E-state index is 0.0587. The Morgan fingerprint density at radius 1 is 1.07 bits per heavy atom. The standard InChI is InChI=1S/C21H28N4O4S/c1-16-13-25(14-17(2)29-16)30(27,28)20-5-3-18(4-6-20)21(26)23-10-7-19(8-11-23)24-12-9-22-15-24/h3-6,9,12,15-17,19H,7-8,10-11,13-14H2,1-2H3. The first-order chi connectivity index (χ1) is 14.3. The Kier molecular flexibility index (Phi) is 5.95. The van der Waals surface area contributed by atoms with Crippen LogP contribution in [0, 0.1) is 0 Å². The number of rotatable bonds is 4. The molecule has 2 saturated heterocycles. The SMILES string of the molecule is CC1CN(S(=O)(=O)c2ccc(C(=O)N3CCC(n4ccnc4)CC3)cc2)CC(C)O1. The van der Waals surface area contributed by atoms with Crippen LogP contribution in [-0.2, 0) is 14.8 Å². The van der Waals surface area contributed by atoms with Gasteiger partial charge in [0.15, 0.2) is 0 Å². The molecular formula is C21H28N4O4S. The van der Waals surface area contributed by atoms with E-state index < -0.39 is 10.0 Å². The fraction of sp³-hybridized carbons (Fsp3) is 0.524. The second-order valence-corrected chi connectivity index (χ2v) is 10.1. The van der Waals surface area contributed by atoms with Gasteiger partial charge in [-0.25, -0.2) is 13.4 Å². The molecule has 1 aromatic carbocycles. The van der Waals surface area contributed by atoms with Gasteiger partial charge in [0.25, 0.3) is 5.91 Å². The van der Waals surface area contributed by atoms with Gasteiger partial charge in [-0.2, -0.15) is 4.31 Å². The van der Waals surface area contributed by atoms with E-state index in [9.17, 15) is 13.2 Å². The minimum atomic E-state index is -3.61. The number of carbonyl (C=O) groups is 1. The van der Waals surface area contributed by atoms with E-state index >= 15 is 0 Å². The zero-order valence-corrected chi connectivity index (χ0v) is 18.2. The van der Waals surface area contributed by atoms with E-state index in [1.807, 2.05) is 31.3 Å². The van der Waals surface area contributed by atoms with Gasteiger partial charge in [-0.05, 0) is 51.0 Å². The molecule has 3 heterocycles. The maximum Gasteiger partial charge on any atom is 0.253 e. The molecule has 162 valence electrons. The Morgan fingerprint density at radius 2 is 1.70 bits per heavy atom. The number of aromatic nitrogens is 2. The second kappa shape index (κ2) is 8.49. The van der Waals surface area contributed by atoms with Crippen molar-refractivity contribution in [2.75, 3.05) is 26.2 Å². The fourth-order valence-corrected chi connectivity index (χ4v) is 5.87. The van der Waals surface area contributed by atoms with Crippen LogP contribution < -0.4 is 0 Å². The van der Waals surface area contributed by atoms with Crippen LogP contribution in [0.1, 0.15) is 43.1 Å². The first-order valence-corrected chi connectivity index (χ1v) is 11.8. The summed E-state index contributed by atoms with van der Waals surface area (Å²) in [6, 6.07) is 6.66. The van der Waals surface area contributed by atoms with Gasteiger partial charge in [0.1, 0.15) is 0 Å². The molecule has 2 aliphatic rings. The lowest BCUT2D eigenvalue weighted by atomic mass is 10.0. The van der Waals surface area contributed by atoms with Gasteiger partial charge in [-0.15, -0.1) is 0 Å². The first kappa shape index (κ1) is 21.0. The summed E-state index contributed by atoms with van der Waals surface area (Å²) < 4.78 is 35.1. The number of ether oxygens (including phenoxy) is 1. The maximum absolute atomic E-state index is 13.0. The van der Waals surface area contributed by atoms with Crippen LogP contribution in [0.3, 0.4) is 0 Å². The van der Waals surface area contributed by atoms with E-state index in [4.69, 9.17) is 4.74 Å². The van der Waals surface area contributed by atoms with Crippen LogP contribution in [0.4, 0.5) is 0 Å². The van der Waals surface area contributed by atoms with Crippen LogP contribution in [-0.4, -0.2) is 71.5 Å². The van der Waals surface area contributed by atoms with Gasteiger partial charge in [-0.3, -0.25) is 4.79 Å². The number of carbonyl (C=O) groups excluding carboxylic acids is 1. The van der Waals surface area contributed by atoms with E-state index in [0.29, 0.717) is 37.8 Å². The number of likely N-dealkylation sites (tertiary alicyclic amines) is 1. The van der Waals surface area contributed by atoms with Crippen molar-refractivity contribution in [3.05, 3.63) is 48.5 Å². The summed E-state index contributed by atoms with van der Waals surface area (Å²) in [4.78, 5) is 19.0. The molecule has 2 aromatic rings. The average Bonchev–Trinajstić information content (AvgIpc) is 3.28. The number of nitrogens with zero attached hydrogens (tertiary/aromatic N) is 4. The Balaban J connectivity index is 1.41. The fourth-order valence-electron chi connectivity index (χ4n) is 4.28. The first-order valence-electron chi connectivity index (χ1n) is 10.4. The molecule has 0 bridgehead atoms. The zero-order valence-electron chi connectivity index (χ0n) is 17.3. The van der Waals surface area contributed by atoms with E-state index in [0.717, 1.165) is 12.8 Å². The summed E-state index contributed by atoms with van der Waals surface area (Å²) in [5.74, 6) is -0.0587. The summed E-state index contributed by atoms with van der Waals surface area (Å²) in [5.41, 5.74) is 0.513. The zero-order chi connectivity index (χ0) is 21.3. The van der Waals surface area contributed by atoms with Crippen molar-refractivity contribution >= 4 is 15.9 Å². The third-order valence-electron chi connectivity index (χ3n) is 5.82. The molecule has 0 radical (unpaired) electrons. The highest BCUT2D eigenvalue weighted by molar-refractivity contribution is 7.89. The summed E-state index contributed by atoms with van der Waals surface area (Å²) in [7, 11) is -3.61. The summed E-state index contributed by atoms with van der Waals surface area (Å²) in [6.45, 7) is 5.75. The van der Waals surface area contributed by atoms with E-state index in [1.165, 1.54) is 16.4 Å². The maximum atomic E-state index is 13.0. The highest BCUT2D eigenvalue weighted by atomic mass is 32.2. The quantitative estimate of drug-likeness (QED) is 0.739. The van der Waals surface area contributed by atoms with Crippen LogP contribution in [0.15, 0.2) is 47.9 Å². The number of imidazole rings is 1. The number of morpholine rings is 1. The number of amides is 1. The molecule has 30 heavy (non-hydrogen) atoms. The number of hydrogen-bond acceptors (Lipinski definition) is 5. The molecule has 2 atom stereocenters. The minimum Gasteiger partial charge on any atom is -0.373 e. The Morgan fingerprint density at radius 3 is 2.27 bits per heavy atom. The largest absolute Gasteiger partial charge is 0.373 e. The van der Waals surface area contributed by atoms with Crippen LogP contribution in [0.5, 0.6) is 0 Å². The molecule has 9 heteroatoms. The molecule has 0 N–H and O–H groups in total. The third kappa shape index (κ3) is 4.28. The number of sulfonamides is 1. The highest BCUT2D eigenvalue weighted by Gasteiger charge is 2.32. The normalized spacial score (nSPS) is 24.1. The average molecular weight is 433 g/mol. The summed E-state index contributed by atoms with van der Waals surface area (Å²) in [6.07, 6.45) is 7.01. The number of hydrogen-bond donors (Lipinski definition) is 0. The van der Waals surface area contributed by atoms with Gasteiger partial charge in [0, 0.05) is 50.2 Å². The molecule has 1 aromatic heterocycles. The number of piperidine rings is 1. The highest BCUT2D eigenvalue weighted by Crippen LogP contribution is 2.25. The number of benzene rings is 1. The van der Waals surface area contributed by atoms with Crippen molar-refractivity contribution < 1.29 is 17.9 Å². The van der Waals surface area contributed by atoms with Gasteiger partial charge < -0.3 is 14.2 Å². The van der Waals surface area contributed by atoms with Crippen molar-refractivity contribution in [1.29, 1.82) is 0 Å².